The van der Waals surface area contributed by atoms with Crippen molar-refractivity contribution in [1.29, 1.82) is 0 Å². The predicted molar refractivity (Wildman–Crippen MR) is 89.6 cm³/mol. The second kappa shape index (κ2) is 7.17. The number of hydrogen-bond donors (Lipinski definition) is 0. The number of ether oxygens (including phenoxy) is 3. The SMILES string of the molecule is COC(=O)c1ccc(C(C)(C)C)cc1OC(=O)Oc1ccccc1. The van der Waals surface area contributed by atoms with Crippen LogP contribution < -0.4 is 9.47 Å². The highest BCUT2D eigenvalue weighted by Crippen LogP contribution is 2.29. The molecular formula is C19H20O5. The molecule has 0 saturated heterocycles. The van der Waals surface area contributed by atoms with Crippen LogP contribution in [0.5, 0.6) is 11.5 Å². The number of esters is 1. The van der Waals surface area contributed by atoms with Crippen molar-refractivity contribution < 1.29 is 23.8 Å². The van der Waals surface area contributed by atoms with E-state index in [0.717, 1.165) is 5.56 Å². The molecule has 0 radical (unpaired) electrons. The van der Waals surface area contributed by atoms with Gasteiger partial charge in [-0.15, -0.1) is 0 Å². The first kappa shape index (κ1) is 17.5. The second-order valence-corrected chi connectivity index (χ2v) is 6.22. The van der Waals surface area contributed by atoms with Crippen LogP contribution in [0, 0.1) is 0 Å². The molecule has 0 amide bonds. The Kier molecular flexibility index (Phi) is 5.24. The minimum absolute atomic E-state index is 0.107. The zero-order valence-electron chi connectivity index (χ0n) is 14.2. The number of carbonyl (C=O) groups is 2. The first-order valence-corrected chi connectivity index (χ1v) is 7.49. The van der Waals surface area contributed by atoms with E-state index in [9.17, 15) is 9.59 Å². The Morgan fingerprint density at radius 2 is 1.58 bits per heavy atom. The van der Waals surface area contributed by atoms with Gasteiger partial charge in [0.15, 0.2) is 0 Å². The summed E-state index contributed by atoms with van der Waals surface area (Å²) in [5.74, 6) is -0.123. The molecule has 0 atom stereocenters. The van der Waals surface area contributed by atoms with Gasteiger partial charge in [0, 0.05) is 0 Å². The number of rotatable bonds is 3. The van der Waals surface area contributed by atoms with E-state index < -0.39 is 12.1 Å². The van der Waals surface area contributed by atoms with Gasteiger partial charge in [0.2, 0.25) is 0 Å². The summed E-state index contributed by atoms with van der Waals surface area (Å²) in [4.78, 5) is 23.9. The van der Waals surface area contributed by atoms with Gasteiger partial charge in [-0.05, 0) is 35.2 Å². The number of benzene rings is 2. The summed E-state index contributed by atoms with van der Waals surface area (Å²) in [5.41, 5.74) is 0.906. The summed E-state index contributed by atoms with van der Waals surface area (Å²) in [6, 6.07) is 13.6. The van der Waals surface area contributed by atoms with Crippen LogP contribution in [0.4, 0.5) is 4.79 Å². The first-order chi connectivity index (χ1) is 11.3. The minimum atomic E-state index is -0.919. The highest BCUT2D eigenvalue weighted by Gasteiger charge is 2.21. The van der Waals surface area contributed by atoms with Crippen LogP contribution in [0.15, 0.2) is 48.5 Å². The molecule has 0 aromatic heterocycles. The lowest BCUT2D eigenvalue weighted by atomic mass is 9.86. The molecule has 0 fully saturated rings. The van der Waals surface area contributed by atoms with Gasteiger partial charge in [-0.3, -0.25) is 0 Å². The van der Waals surface area contributed by atoms with Crippen LogP contribution in [0.1, 0.15) is 36.7 Å². The maximum absolute atomic E-state index is 12.0. The summed E-state index contributed by atoms with van der Waals surface area (Å²) in [6.07, 6.45) is -0.919. The Labute approximate surface area is 141 Å². The van der Waals surface area contributed by atoms with Crippen LogP contribution in [0.25, 0.3) is 0 Å². The fraction of sp³-hybridized carbons (Fsp3) is 0.263. The normalized spacial score (nSPS) is 10.8. The Balaban J connectivity index is 2.28. The summed E-state index contributed by atoms with van der Waals surface area (Å²) in [5, 5.41) is 0. The van der Waals surface area contributed by atoms with Crippen molar-refractivity contribution in [1.82, 2.24) is 0 Å². The highest BCUT2D eigenvalue weighted by atomic mass is 16.7. The van der Waals surface area contributed by atoms with Crippen molar-refractivity contribution in [3.05, 3.63) is 59.7 Å². The quantitative estimate of drug-likeness (QED) is 0.619. The fourth-order valence-corrected chi connectivity index (χ4v) is 2.05. The molecule has 24 heavy (non-hydrogen) atoms. The maximum Gasteiger partial charge on any atom is 0.519 e. The van der Waals surface area contributed by atoms with Gasteiger partial charge in [-0.2, -0.15) is 0 Å². The molecule has 5 heteroatoms. The third kappa shape index (κ3) is 4.35. The van der Waals surface area contributed by atoms with Crippen molar-refractivity contribution in [2.24, 2.45) is 0 Å². The molecule has 0 spiro atoms. The molecule has 2 rings (SSSR count). The minimum Gasteiger partial charge on any atom is -0.465 e. The van der Waals surface area contributed by atoms with E-state index in [-0.39, 0.29) is 16.7 Å². The molecule has 0 N–H and O–H groups in total. The predicted octanol–water partition coefficient (Wildman–Crippen LogP) is 4.35. The van der Waals surface area contributed by atoms with Crippen molar-refractivity contribution >= 4 is 12.1 Å². The zero-order valence-corrected chi connectivity index (χ0v) is 14.2. The second-order valence-electron chi connectivity index (χ2n) is 6.22. The van der Waals surface area contributed by atoms with Gasteiger partial charge in [-0.1, -0.05) is 45.0 Å². The fourth-order valence-electron chi connectivity index (χ4n) is 2.05. The summed E-state index contributed by atoms with van der Waals surface area (Å²) in [6.45, 7) is 6.06. The average Bonchev–Trinajstić information content (AvgIpc) is 2.54. The summed E-state index contributed by atoms with van der Waals surface area (Å²) < 4.78 is 15.1. The largest absolute Gasteiger partial charge is 0.519 e. The molecule has 0 aliphatic rings. The first-order valence-electron chi connectivity index (χ1n) is 7.49. The van der Waals surface area contributed by atoms with Crippen LogP contribution >= 0.6 is 0 Å². The monoisotopic (exact) mass is 328 g/mol. The summed E-state index contributed by atoms with van der Waals surface area (Å²) >= 11 is 0. The number of hydrogen-bond acceptors (Lipinski definition) is 5. The molecule has 0 heterocycles. The topological polar surface area (TPSA) is 61.8 Å². The van der Waals surface area contributed by atoms with Crippen LogP contribution in [0.3, 0.4) is 0 Å². The van der Waals surface area contributed by atoms with Gasteiger partial charge in [0.05, 0.1) is 7.11 Å². The van der Waals surface area contributed by atoms with Gasteiger partial charge in [0.1, 0.15) is 17.1 Å². The smallest absolute Gasteiger partial charge is 0.465 e. The molecule has 126 valence electrons. The number of carbonyl (C=O) groups excluding carboxylic acids is 2. The third-order valence-corrected chi connectivity index (χ3v) is 3.39. The Bertz CT molecular complexity index is 729. The van der Waals surface area contributed by atoms with Crippen molar-refractivity contribution in [3.63, 3.8) is 0 Å². The van der Waals surface area contributed by atoms with E-state index in [4.69, 9.17) is 14.2 Å². The summed E-state index contributed by atoms with van der Waals surface area (Å²) in [7, 11) is 1.27. The maximum atomic E-state index is 12.0. The van der Waals surface area contributed by atoms with E-state index in [2.05, 4.69) is 0 Å². The van der Waals surface area contributed by atoms with Gasteiger partial charge >= 0.3 is 12.1 Å². The van der Waals surface area contributed by atoms with Crippen molar-refractivity contribution in [2.45, 2.75) is 26.2 Å². The molecule has 0 unspecified atom stereocenters. The average molecular weight is 328 g/mol. The van der Waals surface area contributed by atoms with Crippen molar-refractivity contribution in [3.8, 4) is 11.5 Å². The molecule has 2 aromatic rings. The van der Waals surface area contributed by atoms with Crippen LogP contribution in [-0.4, -0.2) is 19.2 Å². The zero-order chi connectivity index (χ0) is 17.7. The molecule has 0 aliphatic carbocycles. The third-order valence-electron chi connectivity index (χ3n) is 3.39. The van der Waals surface area contributed by atoms with Crippen LogP contribution in [-0.2, 0) is 10.2 Å². The van der Waals surface area contributed by atoms with Crippen molar-refractivity contribution in [2.75, 3.05) is 7.11 Å². The molecular weight excluding hydrogens is 308 g/mol. The Morgan fingerprint density at radius 1 is 0.917 bits per heavy atom. The Hall–Kier alpha value is -2.82. The van der Waals surface area contributed by atoms with Gasteiger partial charge in [0.25, 0.3) is 0 Å². The molecule has 0 bridgehead atoms. The number of para-hydroxylation sites is 1. The van der Waals surface area contributed by atoms with E-state index in [1.165, 1.54) is 7.11 Å². The van der Waals surface area contributed by atoms with Gasteiger partial charge < -0.3 is 14.2 Å². The van der Waals surface area contributed by atoms with E-state index >= 15 is 0 Å². The van der Waals surface area contributed by atoms with Crippen LogP contribution in [0.2, 0.25) is 0 Å². The lowest BCUT2D eigenvalue weighted by Crippen LogP contribution is -2.18. The molecule has 0 saturated carbocycles. The number of methoxy groups -OCH3 is 1. The standard InChI is InChI=1S/C19H20O5/c1-19(2,3)13-10-11-15(17(20)22-4)16(12-13)24-18(21)23-14-8-6-5-7-9-14/h5-12H,1-4H3. The molecule has 2 aromatic carbocycles. The Morgan fingerprint density at radius 3 is 2.17 bits per heavy atom. The van der Waals surface area contributed by atoms with E-state index in [0.29, 0.717) is 5.75 Å². The van der Waals surface area contributed by atoms with E-state index in [1.54, 1.807) is 42.5 Å². The lowest BCUT2D eigenvalue weighted by Gasteiger charge is -2.20. The highest BCUT2D eigenvalue weighted by molar-refractivity contribution is 5.93. The lowest BCUT2D eigenvalue weighted by molar-refractivity contribution is 0.0597. The van der Waals surface area contributed by atoms with E-state index in [1.807, 2.05) is 26.8 Å². The van der Waals surface area contributed by atoms with Gasteiger partial charge in [-0.25, -0.2) is 9.59 Å². The molecule has 0 aliphatic heterocycles. The molecule has 5 nitrogen and oxygen atoms in total.